The summed E-state index contributed by atoms with van der Waals surface area (Å²) in [6.45, 7) is 9.16. The average Bonchev–Trinajstić information content (AvgIpc) is 3.08. The zero-order valence-corrected chi connectivity index (χ0v) is 19.2. The molecule has 0 saturated carbocycles. The van der Waals surface area contributed by atoms with E-state index in [4.69, 9.17) is 0 Å². The van der Waals surface area contributed by atoms with Crippen molar-refractivity contribution in [2.24, 2.45) is 0 Å². The van der Waals surface area contributed by atoms with Gasteiger partial charge in [-0.1, -0.05) is 0 Å². The largest absolute Gasteiger partial charge is 0.342 e. The van der Waals surface area contributed by atoms with Gasteiger partial charge >= 0.3 is 0 Å². The third-order valence-corrected chi connectivity index (χ3v) is 7.63. The van der Waals surface area contributed by atoms with Crippen LogP contribution in [0.1, 0.15) is 36.1 Å². The van der Waals surface area contributed by atoms with Crippen LogP contribution in [0.15, 0.2) is 11.1 Å². The molecule has 31 heavy (non-hydrogen) atoms. The Morgan fingerprint density at radius 3 is 2.35 bits per heavy atom. The third kappa shape index (κ3) is 4.82. The van der Waals surface area contributed by atoms with Crippen LogP contribution in [0, 0.1) is 13.8 Å². The topological polar surface area (TPSA) is 78.8 Å². The number of carbonyl (C=O) groups excluding carboxylic acids is 2. The predicted molar refractivity (Wildman–Crippen MR) is 121 cm³/mol. The van der Waals surface area contributed by atoms with E-state index in [1.54, 1.807) is 10.9 Å². The van der Waals surface area contributed by atoms with Gasteiger partial charge in [-0.05, 0) is 38.7 Å². The molecule has 0 bridgehead atoms. The summed E-state index contributed by atoms with van der Waals surface area (Å²) >= 11 is 1.53. The molecule has 8 nitrogen and oxygen atoms in total. The van der Waals surface area contributed by atoms with Crippen molar-refractivity contribution in [3.63, 3.8) is 0 Å². The molecule has 168 valence electrons. The second-order valence-electron chi connectivity index (χ2n) is 8.55. The van der Waals surface area contributed by atoms with Crippen LogP contribution in [-0.2, 0) is 16.1 Å². The summed E-state index contributed by atoms with van der Waals surface area (Å²) in [5.74, 6) is 0.257. The van der Waals surface area contributed by atoms with E-state index >= 15 is 0 Å². The fourth-order valence-electron chi connectivity index (χ4n) is 4.39. The van der Waals surface area contributed by atoms with Crippen LogP contribution in [0.2, 0.25) is 0 Å². The van der Waals surface area contributed by atoms with E-state index in [1.807, 2.05) is 23.6 Å². The molecule has 2 aliphatic heterocycles. The fourth-order valence-corrected chi connectivity index (χ4v) is 5.38. The molecule has 0 atom stereocenters. The molecule has 4 rings (SSSR count). The average molecular weight is 446 g/mol. The molecule has 2 amide bonds. The number of aryl methyl sites for hydroxylation is 3. The van der Waals surface area contributed by atoms with Crippen molar-refractivity contribution in [1.29, 1.82) is 0 Å². The maximum absolute atomic E-state index is 12.8. The van der Waals surface area contributed by atoms with Gasteiger partial charge in [0, 0.05) is 57.1 Å². The van der Waals surface area contributed by atoms with Gasteiger partial charge in [0.2, 0.25) is 11.8 Å². The standard InChI is InChI=1S/C22H31N5O3S/c1-16-17(2)31-21-20(16)22(30)27(15-23-21)9-6-18(28)26-12-10-24(11-13-26)14-19(29)25-7-4-3-5-8-25/h15H,3-14H2,1-2H3. The Balaban J connectivity index is 1.27. The van der Waals surface area contributed by atoms with Gasteiger partial charge in [0.1, 0.15) is 4.83 Å². The number of amides is 2. The molecule has 0 spiro atoms. The second-order valence-corrected chi connectivity index (χ2v) is 9.76. The molecular formula is C22H31N5O3S. The molecule has 0 unspecified atom stereocenters. The van der Waals surface area contributed by atoms with Gasteiger partial charge in [0.25, 0.3) is 5.56 Å². The predicted octanol–water partition coefficient (Wildman–Crippen LogP) is 1.62. The maximum Gasteiger partial charge on any atom is 0.262 e. The van der Waals surface area contributed by atoms with E-state index in [9.17, 15) is 14.4 Å². The third-order valence-electron chi connectivity index (χ3n) is 6.52. The van der Waals surface area contributed by atoms with Crippen LogP contribution < -0.4 is 5.56 Å². The quantitative estimate of drug-likeness (QED) is 0.699. The van der Waals surface area contributed by atoms with Crippen LogP contribution >= 0.6 is 11.3 Å². The van der Waals surface area contributed by atoms with Gasteiger partial charge in [-0.3, -0.25) is 23.9 Å². The zero-order chi connectivity index (χ0) is 22.0. The minimum atomic E-state index is -0.0688. The van der Waals surface area contributed by atoms with Crippen LogP contribution in [0.25, 0.3) is 10.2 Å². The van der Waals surface area contributed by atoms with E-state index in [1.165, 1.54) is 17.8 Å². The number of rotatable bonds is 5. The molecule has 0 radical (unpaired) electrons. The highest BCUT2D eigenvalue weighted by Gasteiger charge is 2.25. The molecule has 2 aliphatic rings. The summed E-state index contributed by atoms with van der Waals surface area (Å²) in [5.41, 5.74) is 0.911. The van der Waals surface area contributed by atoms with E-state index in [-0.39, 0.29) is 23.8 Å². The summed E-state index contributed by atoms with van der Waals surface area (Å²) in [6.07, 6.45) is 5.25. The molecule has 0 N–H and O–H groups in total. The molecule has 0 aromatic carbocycles. The highest BCUT2D eigenvalue weighted by Crippen LogP contribution is 2.25. The molecule has 4 heterocycles. The highest BCUT2D eigenvalue weighted by atomic mass is 32.1. The number of piperidine rings is 1. The van der Waals surface area contributed by atoms with Crippen LogP contribution in [0.5, 0.6) is 0 Å². The van der Waals surface area contributed by atoms with Crippen molar-refractivity contribution >= 4 is 33.4 Å². The van der Waals surface area contributed by atoms with Crippen molar-refractivity contribution in [2.75, 3.05) is 45.8 Å². The second kappa shape index (κ2) is 9.48. The van der Waals surface area contributed by atoms with E-state index < -0.39 is 0 Å². The minimum Gasteiger partial charge on any atom is -0.342 e. The monoisotopic (exact) mass is 445 g/mol. The normalized spacial score (nSPS) is 18.0. The number of carbonyl (C=O) groups is 2. The first-order valence-corrected chi connectivity index (χ1v) is 12.0. The number of hydrogen-bond donors (Lipinski definition) is 0. The van der Waals surface area contributed by atoms with Crippen molar-refractivity contribution in [1.82, 2.24) is 24.3 Å². The van der Waals surface area contributed by atoms with Gasteiger partial charge in [-0.15, -0.1) is 11.3 Å². The van der Waals surface area contributed by atoms with Gasteiger partial charge in [-0.2, -0.15) is 0 Å². The van der Waals surface area contributed by atoms with Crippen molar-refractivity contribution in [3.05, 3.63) is 27.1 Å². The Hall–Kier alpha value is -2.26. The lowest BCUT2D eigenvalue weighted by atomic mass is 10.1. The molecule has 2 aromatic heterocycles. The van der Waals surface area contributed by atoms with Crippen molar-refractivity contribution in [3.8, 4) is 0 Å². The molecule has 2 fully saturated rings. The number of aromatic nitrogens is 2. The smallest absolute Gasteiger partial charge is 0.262 e. The number of fused-ring (bicyclic) bond motifs is 1. The molecule has 0 aliphatic carbocycles. The first kappa shape index (κ1) is 22.0. The summed E-state index contributed by atoms with van der Waals surface area (Å²) in [5, 5.41) is 0.671. The molecular weight excluding hydrogens is 414 g/mol. The van der Waals surface area contributed by atoms with E-state index in [0.717, 1.165) is 41.2 Å². The Bertz CT molecular complexity index is 1020. The van der Waals surface area contributed by atoms with Gasteiger partial charge in [-0.25, -0.2) is 4.98 Å². The SMILES string of the molecule is Cc1sc2ncn(CCC(=O)N3CCN(CC(=O)N4CCCCC4)CC3)c(=O)c2c1C. The van der Waals surface area contributed by atoms with Gasteiger partial charge in [0.15, 0.2) is 0 Å². The maximum atomic E-state index is 12.8. The summed E-state index contributed by atoms with van der Waals surface area (Å²) < 4.78 is 1.55. The van der Waals surface area contributed by atoms with Gasteiger partial charge < -0.3 is 9.80 Å². The first-order valence-electron chi connectivity index (χ1n) is 11.2. The van der Waals surface area contributed by atoms with Crippen LogP contribution in [-0.4, -0.2) is 81.9 Å². The first-order chi connectivity index (χ1) is 14.9. The molecule has 2 saturated heterocycles. The summed E-state index contributed by atoms with van der Waals surface area (Å²) in [4.78, 5) is 50.2. The molecule has 2 aromatic rings. The summed E-state index contributed by atoms with van der Waals surface area (Å²) in [7, 11) is 0. The number of hydrogen-bond acceptors (Lipinski definition) is 6. The minimum absolute atomic E-state index is 0.0484. The Morgan fingerprint density at radius 2 is 1.65 bits per heavy atom. The lowest BCUT2D eigenvalue weighted by molar-refractivity contribution is -0.135. The number of likely N-dealkylation sites (tertiary alicyclic amines) is 1. The van der Waals surface area contributed by atoms with Gasteiger partial charge in [0.05, 0.1) is 18.3 Å². The Morgan fingerprint density at radius 1 is 0.968 bits per heavy atom. The lowest BCUT2D eigenvalue weighted by Gasteiger charge is -2.36. The summed E-state index contributed by atoms with van der Waals surface area (Å²) in [6, 6.07) is 0. The lowest BCUT2D eigenvalue weighted by Crippen LogP contribution is -2.52. The fraction of sp³-hybridized carbons (Fsp3) is 0.636. The zero-order valence-electron chi connectivity index (χ0n) is 18.4. The Kier molecular flexibility index (Phi) is 6.71. The highest BCUT2D eigenvalue weighted by molar-refractivity contribution is 7.18. The molecule has 9 heteroatoms. The van der Waals surface area contributed by atoms with Crippen LogP contribution in [0.3, 0.4) is 0 Å². The number of piperazine rings is 1. The van der Waals surface area contributed by atoms with Crippen LogP contribution in [0.4, 0.5) is 0 Å². The van der Waals surface area contributed by atoms with Crippen molar-refractivity contribution in [2.45, 2.75) is 46.1 Å². The van der Waals surface area contributed by atoms with E-state index in [0.29, 0.717) is 44.7 Å². The van der Waals surface area contributed by atoms with Crippen molar-refractivity contribution < 1.29 is 9.59 Å². The number of thiophene rings is 1. The Labute approximate surface area is 186 Å². The van der Waals surface area contributed by atoms with E-state index in [2.05, 4.69) is 9.88 Å². The number of nitrogens with zero attached hydrogens (tertiary/aromatic N) is 5.